The van der Waals surface area contributed by atoms with Gasteiger partial charge >= 0.3 is 0 Å². The van der Waals surface area contributed by atoms with Gasteiger partial charge in [-0.05, 0) is 71.9 Å². The Hall–Kier alpha value is -4.51. The fraction of sp³-hybridized carbons (Fsp3) is 0.229. The molecule has 0 saturated carbocycles. The Morgan fingerprint density at radius 1 is 0.575 bits per heavy atom. The molecule has 0 unspecified atom stereocenters. The topological polar surface area (TPSA) is 63.4 Å². The van der Waals surface area contributed by atoms with Crippen LogP contribution >= 0.6 is 0 Å². The highest BCUT2D eigenvalue weighted by molar-refractivity contribution is 6.04. The van der Waals surface area contributed by atoms with Crippen molar-refractivity contribution in [3.05, 3.63) is 111 Å². The fourth-order valence-corrected chi connectivity index (χ4v) is 6.32. The molecule has 2 aliphatic rings. The second-order valence-electron chi connectivity index (χ2n) is 10.6. The van der Waals surface area contributed by atoms with E-state index in [-0.39, 0.29) is 0 Å². The van der Waals surface area contributed by atoms with E-state index in [4.69, 9.17) is 9.98 Å². The number of benzene rings is 4. The van der Waals surface area contributed by atoms with E-state index < -0.39 is 0 Å². The third-order valence-corrected chi connectivity index (χ3v) is 8.14. The van der Waals surface area contributed by atoms with E-state index in [0.717, 1.165) is 88.2 Å². The Labute approximate surface area is 233 Å². The highest BCUT2D eigenvalue weighted by atomic mass is 15.3. The molecule has 0 saturated heterocycles. The van der Waals surface area contributed by atoms with Crippen LogP contribution in [-0.4, -0.2) is 15.4 Å². The molecule has 1 aromatic heterocycles. The van der Waals surface area contributed by atoms with Crippen molar-refractivity contribution >= 4 is 11.4 Å². The summed E-state index contributed by atoms with van der Waals surface area (Å²) in [5.74, 6) is 0. The molecule has 0 fully saturated rings. The number of hydrogen-bond acceptors (Lipinski definition) is 5. The van der Waals surface area contributed by atoms with Crippen molar-refractivity contribution in [1.29, 1.82) is 0 Å². The lowest BCUT2D eigenvalue weighted by molar-refractivity contribution is 0.759. The lowest BCUT2D eigenvalue weighted by Gasteiger charge is -2.24. The first kappa shape index (κ1) is 24.5. The molecule has 196 valence electrons. The van der Waals surface area contributed by atoms with Crippen LogP contribution in [0.4, 0.5) is 11.4 Å². The Kier molecular flexibility index (Phi) is 6.27. The summed E-state index contributed by atoms with van der Waals surface area (Å²) in [5.41, 5.74) is 11.5. The maximum atomic E-state index is 5.38. The average Bonchev–Trinajstić information content (AvgIpc) is 3.57. The number of unbranched alkanes of at least 4 members (excludes halogenated alkanes) is 2. The van der Waals surface area contributed by atoms with Crippen LogP contribution in [0.3, 0.4) is 0 Å². The van der Waals surface area contributed by atoms with Gasteiger partial charge in [0.1, 0.15) is 0 Å². The second-order valence-corrected chi connectivity index (χ2v) is 10.6. The molecule has 5 nitrogen and oxygen atoms in total. The van der Waals surface area contributed by atoms with Crippen LogP contribution in [0.25, 0.3) is 33.5 Å². The number of aromatic nitrogens is 3. The molecule has 0 bridgehead atoms. The quantitative estimate of drug-likeness (QED) is 0.210. The zero-order valence-electron chi connectivity index (χ0n) is 23.0. The van der Waals surface area contributed by atoms with Gasteiger partial charge in [0.25, 0.3) is 0 Å². The van der Waals surface area contributed by atoms with E-state index in [9.17, 15) is 0 Å². The summed E-state index contributed by atoms with van der Waals surface area (Å²) in [6, 6.07) is 25.5. The largest absolute Gasteiger partial charge is 0.247 e. The van der Waals surface area contributed by atoms with Crippen molar-refractivity contribution in [3.63, 3.8) is 0 Å². The average molecular weight is 522 g/mol. The first-order valence-electron chi connectivity index (χ1n) is 14.4. The highest BCUT2D eigenvalue weighted by Crippen LogP contribution is 2.53. The Morgan fingerprint density at radius 3 is 2.05 bits per heavy atom. The van der Waals surface area contributed by atoms with Gasteiger partial charge in [0.15, 0.2) is 0 Å². The molecule has 40 heavy (non-hydrogen) atoms. The molecular formula is C35H31N5. The maximum Gasteiger partial charge on any atom is 0.0973 e. The summed E-state index contributed by atoms with van der Waals surface area (Å²) in [6.07, 6.45) is 8.19. The molecule has 0 radical (unpaired) electrons. The molecular weight excluding hydrogens is 490 g/mol. The van der Waals surface area contributed by atoms with Gasteiger partial charge in [0.05, 0.1) is 34.0 Å². The van der Waals surface area contributed by atoms with E-state index in [1.165, 1.54) is 27.5 Å². The number of fused-ring (bicyclic) bond motifs is 6. The summed E-state index contributed by atoms with van der Waals surface area (Å²) >= 11 is 0. The highest BCUT2D eigenvalue weighted by Gasteiger charge is 2.32. The second kappa shape index (κ2) is 10.2. The molecule has 4 aromatic carbocycles. The number of rotatable bonds is 8. The molecule has 0 N–H and O–H groups in total. The Bertz CT molecular complexity index is 1970. The van der Waals surface area contributed by atoms with Crippen LogP contribution in [0.5, 0.6) is 0 Å². The van der Waals surface area contributed by atoms with Crippen LogP contribution < -0.4 is 10.7 Å². The molecule has 5 aromatic rings. The third-order valence-electron chi connectivity index (χ3n) is 8.14. The van der Waals surface area contributed by atoms with E-state index in [1.807, 2.05) is 6.07 Å². The Morgan fingerprint density at radius 2 is 1.30 bits per heavy atom. The number of nitrogens with zero attached hydrogens (tertiary/aromatic N) is 5. The van der Waals surface area contributed by atoms with E-state index in [0.29, 0.717) is 0 Å². The number of hydrogen-bond donors (Lipinski definition) is 0. The van der Waals surface area contributed by atoms with Gasteiger partial charge in [-0.3, -0.25) is 0 Å². The summed E-state index contributed by atoms with van der Waals surface area (Å²) in [5, 5.41) is 17.0. The predicted octanol–water partition coefficient (Wildman–Crippen LogP) is 7.37. The van der Waals surface area contributed by atoms with Gasteiger partial charge in [-0.15, -0.1) is 10.2 Å². The van der Waals surface area contributed by atoms with Crippen LogP contribution in [0.2, 0.25) is 0 Å². The summed E-state index contributed by atoms with van der Waals surface area (Å²) < 4.78 is 0. The van der Waals surface area contributed by atoms with E-state index in [2.05, 4.69) is 96.0 Å². The van der Waals surface area contributed by atoms with Crippen molar-refractivity contribution in [2.45, 2.75) is 52.4 Å². The van der Waals surface area contributed by atoms with Gasteiger partial charge in [-0.2, -0.15) is 0 Å². The maximum absolute atomic E-state index is 5.38. The SMILES string of the molecule is CCCCc1c(CCCC)c(-c2ccnnn2)c2c(c1-c1ccccc1)N=c1ccc3c(c1-2)N=c1ccccc1=3. The summed E-state index contributed by atoms with van der Waals surface area (Å²) in [6.45, 7) is 4.52. The number of para-hydroxylation sites is 1. The first-order chi connectivity index (χ1) is 19.8. The standard InChI is InChI=1S/C35H31N5/c1-3-5-14-24-25(15-6-4-2)31(29-20-21-36-40-39-29)33-32-28(38-35(33)30(24)22-12-8-7-9-13-22)19-18-26-23-16-10-11-17-27(23)37-34(26)32/h7-13,16-21H,3-6,14-15H2,1-2H3. The van der Waals surface area contributed by atoms with Gasteiger partial charge in [-0.1, -0.05) is 75.2 Å². The minimum Gasteiger partial charge on any atom is -0.247 e. The van der Waals surface area contributed by atoms with Crippen LogP contribution in [-0.2, 0) is 12.8 Å². The summed E-state index contributed by atoms with van der Waals surface area (Å²) in [4.78, 5) is 10.6. The van der Waals surface area contributed by atoms with Crippen LogP contribution in [0.15, 0.2) is 89.0 Å². The molecule has 3 heterocycles. The predicted molar refractivity (Wildman–Crippen MR) is 159 cm³/mol. The monoisotopic (exact) mass is 521 g/mol. The molecule has 2 aliphatic heterocycles. The third kappa shape index (κ3) is 3.88. The lowest BCUT2D eigenvalue weighted by atomic mass is 9.80. The normalized spacial score (nSPS) is 12.2. The van der Waals surface area contributed by atoms with Crippen LogP contribution in [0, 0.1) is 10.4 Å². The minimum atomic E-state index is 0.853. The van der Waals surface area contributed by atoms with Crippen molar-refractivity contribution in [1.82, 2.24) is 15.4 Å². The molecule has 0 aliphatic carbocycles. The molecule has 0 amide bonds. The van der Waals surface area contributed by atoms with Gasteiger partial charge in [0.2, 0.25) is 0 Å². The van der Waals surface area contributed by atoms with Gasteiger partial charge < -0.3 is 0 Å². The smallest absolute Gasteiger partial charge is 0.0973 e. The minimum absolute atomic E-state index is 0.853. The van der Waals surface area contributed by atoms with Gasteiger partial charge in [0, 0.05) is 32.7 Å². The Balaban J connectivity index is 1.66. The van der Waals surface area contributed by atoms with Crippen molar-refractivity contribution in [2.75, 3.05) is 0 Å². The zero-order chi connectivity index (χ0) is 27.1. The van der Waals surface area contributed by atoms with Crippen molar-refractivity contribution in [2.24, 2.45) is 9.98 Å². The molecule has 0 atom stereocenters. The van der Waals surface area contributed by atoms with Gasteiger partial charge in [-0.25, -0.2) is 9.98 Å². The van der Waals surface area contributed by atoms with Crippen molar-refractivity contribution < 1.29 is 0 Å². The first-order valence-corrected chi connectivity index (χ1v) is 14.4. The fourth-order valence-electron chi connectivity index (χ4n) is 6.32. The van der Waals surface area contributed by atoms with Crippen LogP contribution in [0.1, 0.15) is 50.7 Å². The van der Waals surface area contributed by atoms with E-state index in [1.54, 1.807) is 6.20 Å². The molecule has 5 heteroatoms. The lowest BCUT2D eigenvalue weighted by Crippen LogP contribution is -2.06. The summed E-state index contributed by atoms with van der Waals surface area (Å²) in [7, 11) is 0. The van der Waals surface area contributed by atoms with E-state index >= 15 is 0 Å². The molecule has 7 rings (SSSR count). The molecule has 0 spiro atoms. The zero-order valence-corrected chi connectivity index (χ0v) is 23.0. The van der Waals surface area contributed by atoms with Crippen molar-refractivity contribution in [3.8, 4) is 33.5 Å².